The van der Waals surface area contributed by atoms with E-state index in [2.05, 4.69) is 13.8 Å². The van der Waals surface area contributed by atoms with Crippen molar-refractivity contribution in [3.63, 3.8) is 0 Å². The summed E-state index contributed by atoms with van der Waals surface area (Å²) in [6, 6.07) is 7.61. The van der Waals surface area contributed by atoms with E-state index in [0.717, 1.165) is 23.3 Å². The molecule has 2 fully saturated rings. The van der Waals surface area contributed by atoms with E-state index in [0.29, 0.717) is 17.4 Å². The molecule has 1 N–H and O–H groups in total. The van der Waals surface area contributed by atoms with Crippen molar-refractivity contribution in [1.29, 1.82) is 0 Å². The normalized spacial score (nSPS) is 29.4. The van der Waals surface area contributed by atoms with Crippen molar-refractivity contribution >= 4 is 5.97 Å². The van der Waals surface area contributed by atoms with Crippen molar-refractivity contribution in [2.75, 3.05) is 0 Å². The number of rotatable bonds is 8. The van der Waals surface area contributed by atoms with Gasteiger partial charge in [0.05, 0.1) is 5.56 Å². The van der Waals surface area contributed by atoms with Gasteiger partial charge in [-0.3, -0.25) is 0 Å². The lowest BCUT2D eigenvalue weighted by Crippen LogP contribution is -2.21. The smallest absolute Gasteiger partial charge is 0.335 e. The average molecular weight is 385 g/mol. The number of hydrogen-bond acceptors (Lipinski definition) is 1. The van der Waals surface area contributed by atoms with Crippen LogP contribution in [0.25, 0.3) is 0 Å². The lowest BCUT2D eigenvalue weighted by molar-refractivity contribution is 0.0694. The van der Waals surface area contributed by atoms with Gasteiger partial charge < -0.3 is 5.11 Å². The lowest BCUT2D eigenvalue weighted by atomic mass is 9.71. The van der Waals surface area contributed by atoms with E-state index < -0.39 is 5.97 Å². The van der Waals surface area contributed by atoms with Gasteiger partial charge in [0.2, 0.25) is 0 Å². The molecule has 0 bridgehead atoms. The summed E-state index contributed by atoms with van der Waals surface area (Å²) in [4.78, 5) is 11.6. The first-order valence-corrected chi connectivity index (χ1v) is 11.9. The van der Waals surface area contributed by atoms with Gasteiger partial charge in [-0.25, -0.2) is 4.79 Å². The molecule has 0 amide bonds. The summed E-state index contributed by atoms with van der Waals surface area (Å²) in [5, 5.41) is 9.49. The van der Waals surface area contributed by atoms with Gasteiger partial charge in [-0.05, 0) is 54.1 Å². The Morgan fingerprint density at radius 2 is 1.39 bits per heavy atom. The van der Waals surface area contributed by atoms with E-state index in [9.17, 15) is 9.90 Å². The highest BCUT2D eigenvalue weighted by Crippen LogP contribution is 2.41. The number of carbonyl (C=O) groups is 1. The van der Waals surface area contributed by atoms with Crippen molar-refractivity contribution in [1.82, 2.24) is 0 Å². The Morgan fingerprint density at radius 3 is 1.93 bits per heavy atom. The molecule has 1 unspecified atom stereocenters. The molecular weight excluding hydrogens is 344 g/mol. The predicted octanol–water partition coefficient (Wildman–Crippen LogP) is 7.68. The Morgan fingerprint density at radius 1 is 0.893 bits per heavy atom. The third kappa shape index (κ3) is 5.61. The molecule has 2 heteroatoms. The summed E-state index contributed by atoms with van der Waals surface area (Å²) in [5.74, 6) is 3.12. The molecule has 0 aromatic heterocycles. The van der Waals surface area contributed by atoms with Crippen LogP contribution in [0.3, 0.4) is 0 Å². The van der Waals surface area contributed by atoms with Gasteiger partial charge in [-0.2, -0.15) is 0 Å². The Kier molecular flexibility index (Phi) is 8.00. The average Bonchev–Trinajstić information content (AvgIpc) is 2.73. The largest absolute Gasteiger partial charge is 0.478 e. The molecule has 0 heterocycles. The zero-order valence-electron chi connectivity index (χ0n) is 18.0. The highest BCUT2D eigenvalue weighted by molar-refractivity contribution is 5.89. The van der Waals surface area contributed by atoms with Crippen molar-refractivity contribution in [2.24, 2.45) is 23.7 Å². The van der Waals surface area contributed by atoms with Crippen LogP contribution in [-0.4, -0.2) is 11.1 Å². The summed E-state index contributed by atoms with van der Waals surface area (Å²) >= 11 is 0. The number of benzene rings is 1. The maximum atomic E-state index is 11.6. The molecule has 2 saturated carbocycles. The molecule has 1 aromatic rings. The molecule has 1 aromatic carbocycles. The standard InChI is InChI=1S/C26H40O2/c1-3-6-20-9-11-21(12-10-20)13-14-22-15-17-23(18-16-22)19(2)24-7-4-5-8-25(24)26(27)28/h4-5,7-8,19-23H,3,6,9-18H2,1-2H3,(H,27,28). The molecule has 2 nitrogen and oxygen atoms in total. The van der Waals surface area contributed by atoms with E-state index in [-0.39, 0.29) is 0 Å². The van der Waals surface area contributed by atoms with E-state index in [1.807, 2.05) is 18.2 Å². The van der Waals surface area contributed by atoms with Crippen molar-refractivity contribution < 1.29 is 9.90 Å². The monoisotopic (exact) mass is 384 g/mol. The maximum Gasteiger partial charge on any atom is 0.335 e. The van der Waals surface area contributed by atoms with Crippen LogP contribution in [0.2, 0.25) is 0 Å². The minimum atomic E-state index is -0.787. The summed E-state index contributed by atoms with van der Waals surface area (Å²) < 4.78 is 0. The van der Waals surface area contributed by atoms with Gasteiger partial charge in [-0.1, -0.05) is 96.3 Å². The van der Waals surface area contributed by atoms with Gasteiger partial charge in [0, 0.05) is 0 Å². The van der Waals surface area contributed by atoms with Crippen molar-refractivity contribution in [3.05, 3.63) is 35.4 Å². The Balaban J connectivity index is 1.42. The number of carboxylic acid groups (broad SMARTS) is 1. The molecule has 1 atom stereocenters. The fourth-order valence-corrected chi connectivity index (χ4v) is 6.01. The van der Waals surface area contributed by atoms with Gasteiger partial charge in [0.15, 0.2) is 0 Å². The number of aromatic carboxylic acids is 1. The Hall–Kier alpha value is -1.31. The van der Waals surface area contributed by atoms with E-state index in [1.54, 1.807) is 6.07 Å². The van der Waals surface area contributed by atoms with Gasteiger partial charge >= 0.3 is 5.97 Å². The SMILES string of the molecule is CCCC1CCC(CCC2CCC(C(C)c3ccccc3C(=O)O)CC2)CC1. The van der Waals surface area contributed by atoms with Crippen LogP contribution in [-0.2, 0) is 0 Å². The molecular formula is C26H40O2. The van der Waals surface area contributed by atoms with Crippen LogP contribution in [0.15, 0.2) is 24.3 Å². The second kappa shape index (κ2) is 10.5. The zero-order chi connectivity index (χ0) is 19.9. The van der Waals surface area contributed by atoms with Crippen LogP contribution < -0.4 is 0 Å². The van der Waals surface area contributed by atoms with Crippen LogP contribution >= 0.6 is 0 Å². The highest BCUT2D eigenvalue weighted by Gasteiger charge is 2.29. The van der Waals surface area contributed by atoms with Gasteiger partial charge in [0.25, 0.3) is 0 Å². The molecule has 28 heavy (non-hydrogen) atoms. The number of hydrogen-bond donors (Lipinski definition) is 1. The summed E-state index contributed by atoms with van der Waals surface area (Å²) in [6.07, 6.45) is 16.8. The zero-order valence-corrected chi connectivity index (χ0v) is 18.0. The fourth-order valence-electron chi connectivity index (χ4n) is 6.01. The van der Waals surface area contributed by atoms with Gasteiger partial charge in [-0.15, -0.1) is 0 Å². The molecule has 3 rings (SSSR count). The van der Waals surface area contributed by atoms with E-state index >= 15 is 0 Å². The quantitative estimate of drug-likeness (QED) is 0.499. The maximum absolute atomic E-state index is 11.6. The topological polar surface area (TPSA) is 37.3 Å². The summed E-state index contributed by atoms with van der Waals surface area (Å²) in [6.45, 7) is 4.56. The van der Waals surface area contributed by atoms with E-state index in [4.69, 9.17) is 0 Å². The molecule has 0 aliphatic heterocycles. The minimum absolute atomic E-state index is 0.349. The number of carboxylic acids is 1. The third-order valence-corrected chi connectivity index (χ3v) is 7.93. The Bertz CT molecular complexity index is 607. The second-order valence-corrected chi connectivity index (χ2v) is 9.71. The molecule has 0 saturated heterocycles. The van der Waals surface area contributed by atoms with Gasteiger partial charge in [0.1, 0.15) is 0 Å². The van der Waals surface area contributed by atoms with Crippen LogP contribution in [0.5, 0.6) is 0 Å². The first-order chi connectivity index (χ1) is 13.6. The molecule has 2 aliphatic rings. The highest BCUT2D eigenvalue weighted by atomic mass is 16.4. The molecule has 0 radical (unpaired) electrons. The lowest BCUT2D eigenvalue weighted by Gasteiger charge is -2.34. The molecule has 2 aliphatic carbocycles. The van der Waals surface area contributed by atoms with Crippen molar-refractivity contribution in [3.8, 4) is 0 Å². The summed E-state index contributed by atoms with van der Waals surface area (Å²) in [7, 11) is 0. The first kappa shape index (κ1) is 21.4. The van der Waals surface area contributed by atoms with Crippen LogP contribution in [0.1, 0.15) is 113 Å². The first-order valence-electron chi connectivity index (χ1n) is 11.9. The molecule has 0 spiro atoms. The molecule has 156 valence electrons. The fraction of sp³-hybridized carbons (Fsp3) is 0.731. The third-order valence-electron chi connectivity index (χ3n) is 7.93. The van der Waals surface area contributed by atoms with Crippen molar-refractivity contribution in [2.45, 2.75) is 96.8 Å². The van der Waals surface area contributed by atoms with E-state index in [1.165, 1.54) is 77.0 Å². The second-order valence-electron chi connectivity index (χ2n) is 9.71. The van der Waals surface area contributed by atoms with Crippen LogP contribution in [0.4, 0.5) is 0 Å². The van der Waals surface area contributed by atoms with Crippen LogP contribution in [0, 0.1) is 23.7 Å². The summed E-state index contributed by atoms with van der Waals surface area (Å²) in [5.41, 5.74) is 1.53. The predicted molar refractivity (Wildman–Crippen MR) is 117 cm³/mol. The minimum Gasteiger partial charge on any atom is -0.478 e. The Labute approximate surface area is 172 Å².